The molecule has 172 valence electrons. The quantitative estimate of drug-likeness (QED) is 0.268. The number of ether oxygens (including phenoxy) is 2. The number of hydrogen-bond donors (Lipinski definition) is 2. The molecule has 0 fully saturated rings. The summed E-state index contributed by atoms with van der Waals surface area (Å²) in [5, 5.41) is 9.67. The van der Waals surface area contributed by atoms with Crippen molar-refractivity contribution >= 4 is 22.4 Å². The number of rotatable bonds is 9. The van der Waals surface area contributed by atoms with Gasteiger partial charge >= 0.3 is 6.61 Å². The normalized spacial score (nSPS) is 12.0. The van der Waals surface area contributed by atoms with E-state index < -0.39 is 12.5 Å². The van der Waals surface area contributed by atoms with Gasteiger partial charge in [0.1, 0.15) is 5.69 Å². The summed E-state index contributed by atoms with van der Waals surface area (Å²) in [6, 6.07) is 9.02. The molecule has 3 rings (SSSR count). The highest BCUT2D eigenvalue weighted by Gasteiger charge is 2.22. The highest BCUT2D eigenvalue weighted by molar-refractivity contribution is 6.09. The molecule has 33 heavy (non-hydrogen) atoms. The van der Waals surface area contributed by atoms with E-state index in [0.717, 1.165) is 17.6 Å². The van der Waals surface area contributed by atoms with E-state index in [1.807, 2.05) is 37.3 Å². The molecule has 0 bridgehead atoms. The summed E-state index contributed by atoms with van der Waals surface area (Å²) in [7, 11) is 1.42. The number of aromatic nitrogens is 2. The van der Waals surface area contributed by atoms with Crippen LogP contribution in [0.2, 0.25) is 0 Å². The minimum Gasteiger partial charge on any atom is -0.494 e. The fourth-order valence-electron chi connectivity index (χ4n) is 3.39. The number of pyridine rings is 2. The van der Waals surface area contributed by atoms with Crippen molar-refractivity contribution in [2.75, 3.05) is 13.7 Å². The van der Waals surface area contributed by atoms with Gasteiger partial charge in [-0.15, -0.1) is 0 Å². The summed E-state index contributed by atoms with van der Waals surface area (Å²) in [5.74, 6) is -0.544. The molecule has 3 aromatic rings. The Morgan fingerprint density at radius 2 is 2.00 bits per heavy atom. The Labute approximate surface area is 189 Å². The van der Waals surface area contributed by atoms with Crippen LogP contribution in [0.4, 0.5) is 8.78 Å². The molecule has 2 aromatic heterocycles. The molecule has 0 radical (unpaired) electrons. The minimum absolute atomic E-state index is 0.116. The summed E-state index contributed by atoms with van der Waals surface area (Å²) in [4.78, 5) is 21.1. The maximum atomic E-state index is 12.4. The number of halogens is 2. The van der Waals surface area contributed by atoms with Gasteiger partial charge < -0.3 is 9.47 Å². The number of hydroxylamine groups is 1. The molecule has 9 heteroatoms. The number of nitrogens with one attached hydrogen (secondary N) is 1. The Bertz CT molecular complexity index is 1180. The zero-order chi connectivity index (χ0) is 23.8. The summed E-state index contributed by atoms with van der Waals surface area (Å²) in [5.41, 5.74) is 5.10. The molecule has 0 aliphatic rings. The molecule has 0 saturated heterocycles. The van der Waals surface area contributed by atoms with Gasteiger partial charge in [-0.25, -0.2) is 10.5 Å². The zero-order valence-electron chi connectivity index (χ0n) is 18.1. The summed E-state index contributed by atoms with van der Waals surface area (Å²) >= 11 is 0. The molecule has 0 atom stereocenters. The van der Waals surface area contributed by atoms with Crippen LogP contribution in [-0.2, 0) is 4.74 Å². The Hall–Kier alpha value is -3.69. The number of carbonyl (C=O) groups is 1. The van der Waals surface area contributed by atoms with Gasteiger partial charge in [-0.05, 0) is 23.6 Å². The van der Waals surface area contributed by atoms with Crippen LogP contribution >= 0.6 is 0 Å². The summed E-state index contributed by atoms with van der Waals surface area (Å²) in [6.07, 6.45) is 9.02. The molecule has 2 heterocycles. The van der Waals surface area contributed by atoms with Crippen molar-refractivity contribution in [2.45, 2.75) is 20.0 Å². The Balaban J connectivity index is 2.03. The standard InChI is InChI=1S/C24H23F2N3O4/c1-3-5-15(6-4-13-33-24(25)26)16-7-9-17(10-8-16)21-22(32-2)20(23(30)29-31)18-14-27-12-11-19(18)28-21/h4-12,14,24,31H,3,13H2,1-2H3,(H,29,30)/b6-4-,15-5+. The molecule has 0 spiro atoms. The topological polar surface area (TPSA) is 93.6 Å². The fraction of sp³-hybridized carbons (Fsp3) is 0.208. The number of benzene rings is 1. The van der Waals surface area contributed by atoms with Crippen molar-refractivity contribution in [1.29, 1.82) is 0 Å². The predicted molar refractivity (Wildman–Crippen MR) is 120 cm³/mol. The van der Waals surface area contributed by atoms with Gasteiger partial charge in [-0.2, -0.15) is 8.78 Å². The molecular formula is C24H23F2N3O4. The number of hydrogen-bond acceptors (Lipinski definition) is 6. The van der Waals surface area contributed by atoms with Crippen LogP contribution in [0.25, 0.3) is 27.7 Å². The highest BCUT2D eigenvalue weighted by Crippen LogP contribution is 2.36. The molecule has 0 aliphatic heterocycles. The lowest BCUT2D eigenvalue weighted by Gasteiger charge is -2.15. The van der Waals surface area contributed by atoms with Crippen LogP contribution in [0.5, 0.6) is 5.75 Å². The van der Waals surface area contributed by atoms with E-state index in [-0.39, 0.29) is 17.9 Å². The molecule has 1 amide bonds. The first-order valence-corrected chi connectivity index (χ1v) is 10.1. The molecular weight excluding hydrogens is 432 g/mol. The van der Waals surface area contributed by atoms with E-state index in [4.69, 9.17) is 4.74 Å². The van der Waals surface area contributed by atoms with Gasteiger partial charge in [0.25, 0.3) is 5.91 Å². The lowest BCUT2D eigenvalue weighted by molar-refractivity contribution is -0.119. The number of amides is 1. The maximum Gasteiger partial charge on any atom is 0.345 e. The van der Waals surface area contributed by atoms with Gasteiger partial charge in [0, 0.05) is 23.3 Å². The number of alkyl halides is 2. The van der Waals surface area contributed by atoms with E-state index in [1.165, 1.54) is 19.4 Å². The molecule has 2 N–H and O–H groups in total. The Morgan fingerprint density at radius 1 is 1.24 bits per heavy atom. The molecule has 0 aliphatic carbocycles. The largest absolute Gasteiger partial charge is 0.494 e. The van der Waals surface area contributed by atoms with Crippen molar-refractivity contribution in [3.05, 3.63) is 72.1 Å². The Morgan fingerprint density at radius 3 is 2.64 bits per heavy atom. The smallest absolute Gasteiger partial charge is 0.345 e. The second-order valence-electron chi connectivity index (χ2n) is 6.84. The first-order valence-electron chi connectivity index (χ1n) is 10.1. The van der Waals surface area contributed by atoms with Crippen LogP contribution in [0.3, 0.4) is 0 Å². The summed E-state index contributed by atoms with van der Waals surface area (Å²) < 4.78 is 34.1. The van der Waals surface area contributed by atoms with Crippen LogP contribution in [0.15, 0.2) is 61.0 Å². The van der Waals surface area contributed by atoms with E-state index in [2.05, 4.69) is 14.7 Å². The van der Waals surface area contributed by atoms with E-state index >= 15 is 0 Å². The number of carbonyl (C=O) groups excluding carboxylic acids is 1. The van der Waals surface area contributed by atoms with Crippen molar-refractivity contribution in [3.63, 3.8) is 0 Å². The second-order valence-corrected chi connectivity index (χ2v) is 6.84. The zero-order valence-corrected chi connectivity index (χ0v) is 18.1. The number of methoxy groups -OCH3 is 1. The molecule has 0 saturated carbocycles. The molecule has 1 aromatic carbocycles. The minimum atomic E-state index is -2.81. The number of allylic oxidation sites excluding steroid dienone is 3. The SMILES string of the molecule is CC/C=C(\C=C/COC(F)F)c1ccc(-c2nc3ccncc3c(C(=O)NO)c2OC)cc1. The first kappa shape index (κ1) is 24.0. The lowest BCUT2D eigenvalue weighted by Crippen LogP contribution is -2.20. The van der Waals surface area contributed by atoms with Gasteiger partial charge in [-0.3, -0.25) is 15.0 Å². The van der Waals surface area contributed by atoms with Crippen LogP contribution < -0.4 is 10.2 Å². The number of fused-ring (bicyclic) bond motifs is 1. The average molecular weight is 455 g/mol. The Kier molecular flexibility index (Phi) is 8.17. The van der Waals surface area contributed by atoms with E-state index in [9.17, 15) is 18.8 Å². The van der Waals surface area contributed by atoms with Gasteiger partial charge in [-0.1, -0.05) is 49.4 Å². The maximum absolute atomic E-state index is 12.4. The van der Waals surface area contributed by atoms with Crippen LogP contribution in [0.1, 0.15) is 29.3 Å². The fourth-order valence-corrected chi connectivity index (χ4v) is 3.39. The molecule has 0 unspecified atom stereocenters. The third-order valence-electron chi connectivity index (χ3n) is 4.81. The van der Waals surface area contributed by atoms with Crippen molar-refractivity contribution in [1.82, 2.24) is 15.4 Å². The van der Waals surface area contributed by atoms with Crippen molar-refractivity contribution < 1.29 is 28.3 Å². The molecule has 7 nitrogen and oxygen atoms in total. The third kappa shape index (κ3) is 5.57. The summed E-state index contributed by atoms with van der Waals surface area (Å²) in [6.45, 7) is -1.03. The monoisotopic (exact) mass is 455 g/mol. The van der Waals surface area contributed by atoms with Gasteiger partial charge in [0.2, 0.25) is 0 Å². The first-order chi connectivity index (χ1) is 16.0. The average Bonchev–Trinajstić information content (AvgIpc) is 2.84. The predicted octanol–water partition coefficient (Wildman–Crippen LogP) is 5.01. The van der Waals surface area contributed by atoms with E-state index in [0.29, 0.717) is 22.2 Å². The van der Waals surface area contributed by atoms with Crippen molar-refractivity contribution in [2.24, 2.45) is 0 Å². The number of nitrogens with zero attached hydrogens (tertiary/aromatic N) is 2. The van der Waals surface area contributed by atoms with E-state index in [1.54, 1.807) is 23.8 Å². The van der Waals surface area contributed by atoms with Gasteiger partial charge in [0.05, 0.1) is 24.8 Å². The third-order valence-corrected chi connectivity index (χ3v) is 4.81. The second kappa shape index (κ2) is 11.3. The highest BCUT2D eigenvalue weighted by atomic mass is 19.3. The van der Waals surface area contributed by atoms with Gasteiger partial charge in [0.15, 0.2) is 5.75 Å². The van der Waals surface area contributed by atoms with Crippen LogP contribution in [0, 0.1) is 0 Å². The lowest BCUT2D eigenvalue weighted by atomic mass is 9.99. The van der Waals surface area contributed by atoms with Crippen LogP contribution in [-0.4, -0.2) is 41.4 Å². The van der Waals surface area contributed by atoms with Crippen molar-refractivity contribution in [3.8, 4) is 17.0 Å².